The first-order chi connectivity index (χ1) is 5.90. The van der Waals surface area contributed by atoms with Crippen LogP contribution in [0.5, 0.6) is 0 Å². The average molecular weight is 161 g/mol. The molecule has 0 aromatic carbocycles. The largest absolute Gasteiger partial charge is 0.370 e. The topological polar surface area (TPSA) is 48.8 Å². The molecule has 1 aliphatic rings. The summed E-state index contributed by atoms with van der Waals surface area (Å²) in [5.74, 6) is 0.960. The van der Waals surface area contributed by atoms with Crippen LogP contribution in [0.1, 0.15) is 17.7 Å². The summed E-state index contributed by atoms with van der Waals surface area (Å²) in [4.78, 5) is 4.28. The Morgan fingerprint density at radius 1 is 1.50 bits per heavy atom. The van der Waals surface area contributed by atoms with Crippen LogP contribution < -0.4 is 5.32 Å². The fraction of sp³-hybridized carbons (Fsp3) is 0.333. The van der Waals surface area contributed by atoms with Crippen molar-refractivity contribution in [2.24, 2.45) is 0 Å². The maximum atomic E-state index is 7.05. The predicted molar refractivity (Wildman–Crippen MR) is 48.9 cm³/mol. The number of hydrogen-bond acceptors (Lipinski definition) is 3. The van der Waals surface area contributed by atoms with Gasteiger partial charge in [0.1, 0.15) is 5.82 Å². The van der Waals surface area contributed by atoms with Gasteiger partial charge in [0.05, 0.1) is 5.69 Å². The molecule has 2 heterocycles. The van der Waals surface area contributed by atoms with Crippen molar-refractivity contribution in [3.63, 3.8) is 0 Å². The Bertz CT molecular complexity index is 307. The molecule has 0 amide bonds. The number of aromatic nitrogens is 1. The first-order valence-electron chi connectivity index (χ1n) is 4.14. The molecule has 0 saturated carbocycles. The molecule has 1 aromatic heterocycles. The van der Waals surface area contributed by atoms with Crippen LogP contribution in [0.25, 0.3) is 0 Å². The van der Waals surface area contributed by atoms with E-state index in [1.807, 2.05) is 6.07 Å². The van der Waals surface area contributed by atoms with Gasteiger partial charge in [-0.05, 0) is 24.5 Å². The highest BCUT2D eigenvalue weighted by Crippen LogP contribution is 2.18. The Morgan fingerprint density at radius 2 is 2.42 bits per heavy atom. The van der Waals surface area contributed by atoms with Gasteiger partial charge in [-0.15, -0.1) is 0 Å². The van der Waals surface area contributed by atoms with Crippen LogP contribution in [0.4, 0.5) is 5.82 Å². The van der Waals surface area contributed by atoms with Crippen LogP contribution in [0.3, 0.4) is 0 Å². The van der Waals surface area contributed by atoms with Gasteiger partial charge in [0.25, 0.3) is 0 Å². The van der Waals surface area contributed by atoms with E-state index < -0.39 is 0 Å². The molecule has 0 unspecified atom stereocenters. The van der Waals surface area contributed by atoms with Crippen LogP contribution in [0, 0.1) is 5.41 Å². The number of nitrogens with one attached hydrogen (secondary N) is 2. The highest BCUT2D eigenvalue weighted by atomic mass is 15.0. The van der Waals surface area contributed by atoms with E-state index in [1.54, 1.807) is 0 Å². The van der Waals surface area contributed by atoms with E-state index >= 15 is 0 Å². The summed E-state index contributed by atoms with van der Waals surface area (Å²) >= 11 is 0. The van der Waals surface area contributed by atoms with E-state index in [2.05, 4.69) is 16.4 Å². The van der Waals surface area contributed by atoms with Crippen LogP contribution >= 0.6 is 0 Å². The second kappa shape index (κ2) is 2.93. The quantitative estimate of drug-likeness (QED) is 0.612. The fourth-order valence-corrected chi connectivity index (χ4v) is 1.42. The van der Waals surface area contributed by atoms with Crippen LogP contribution in [0.2, 0.25) is 0 Å². The molecule has 3 nitrogen and oxygen atoms in total. The van der Waals surface area contributed by atoms with Crippen molar-refractivity contribution in [2.45, 2.75) is 12.8 Å². The van der Waals surface area contributed by atoms with Gasteiger partial charge in [-0.2, -0.15) is 0 Å². The Labute approximate surface area is 71.3 Å². The molecule has 62 valence electrons. The van der Waals surface area contributed by atoms with E-state index in [9.17, 15) is 0 Å². The van der Waals surface area contributed by atoms with E-state index in [0.717, 1.165) is 24.5 Å². The number of pyridine rings is 1. The van der Waals surface area contributed by atoms with Crippen molar-refractivity contribution < 1.29 is 0 Å². The second-order valence-electron chi connectivity index (χ2n) is 2.92. The van der Waals surface area contributed by atoms with Crippen molar-refractivity contribution in [1.82, 2.24) is 4.98 Å². The lowest BCUT2D eigenvalue weighted by molar-refractivity contribution is 0.817. The van der Waals surface area contributed by atoms with Gasteiger partial charge >= 0.3 is 0 Å². The molecule has 1 aromatic rings. The summed E-state index contributed by atoms with van der Waals surface area (Å²) in [6.07, 6.45) is 3.56. The molecule has 12 heavy (non-hydrogen) atoms. The third-order valence-corrected chi connectivity index (χ3v) is 2.06. The lowest BCUT2D eigenvalue weighted by Gasteiger charge is -2.16. The summed E-state index contributed by atoms with van der Waals surface area (Å²) < 4.78 is 0. The molecule has 3 heteroatoms. The first-order valence-corrected chi connectivity index (χ1v) is 4.14. The zero-order valence-electron chi connectivity index (χ0n) is 6.80. The Balaban J connectivity index is 2.42. The molecule has 0 fully saturated rings. The molecule has 2 N–H and O–H groups in total. The highest BCUT2D eigenvalue weighted by Gasteiger charge is 2.08. The minimum absolute atomic E-state index is 0.725. The Kier molecular flexibility index (Phi) is 1.78. The third-order valence-electron chi connectivity index (χ3n) is 2.06. The van der Waals surface area contributed by atoms with E-state index in [-0.39, 0.29) is 0 Å². The fourth-order valence-electron chi connectivity index (χ4n) is 1.42. The van der Waals surface area contributed by atoms with Gasteiger partial charge in [-0.1, -0.05) is 6.07 Å². The minimum Gasteiger partial charge on any atom is -0.370 e. The van der Waals surface area contributed by atoms with Gasteiger partial charge in [0, 0.05) is 12.8 Å². The normalized spacial score (nSPS) is 14.7. The molecular formula is C9H11N3. The molecule has 0 saturated heterocycles. The van der Waals surface area contributed by atoms with Crippen molar-refractivity contribution in [2.75, 3.05) is 11.9 Å². The van der Waals surface area contributed by atoms with Crippen molar-refractivity contribution >= 4 is 12.0 Å². The molecule has 1 aliphatic heterocycles. The predicted octanol–water partition coefficient (Wildman–Crippen LogP) is 1.44. The molecule has 0 bridgehead atoms. The number of nitrogens with zero attached hydrogens (tertiary/aromatic N) is 1. The third kappa shape index (κ3) is 1.18. The molecular weight excluding hydrogens is 150 g/mol. The molecule has 2 rings (SSSR count). The van der Waals surface area contributed by atoms with Crippen molar-refractivity contribution in [3.8, 4) is 0 Å². The summed E-state index contributed by atoms with van der Waals surface area (Å²) in [5.41, 5.74) is 2.00. The lowest BCUT2D eigenvalue weighted by atomic mass is 10.1. The smallest absolute Gasteiger partial charge is 0.129 e. The van der Waals surface area contributed by atoms with Crippen molar-refractivity contribution in [1.29, 1.82) is 5.41 Å². The molecule has 0 atom stereocenters. The summed E-state index contributed by atoms with van der Waals surface area (Å²) in [6.45, 7) is 1.00. The summed E-state index contributed by atoms with van der Waals surface area (Å²) in [7, 11) is 0. The van der Waals surface area contributed by atoms with Crippen LogP contribution in [-0.2, 0) is 6.42 Å². The van der Waals surface area contributed by atoms with E-state index in [0.29, 0.717) is 0 Å². The zero-order valence-corrected chi connectivity index (χ0v) is 6.80. The summed E-state index contributed by atoms with van der Waals surface area (Å²) in [6, 6.07) is 3.94. The minimum atomic E-state index is 0.725. The molecule has 0 spiro atoms. The summed E-state index contributed by atoms with van der Waals surface area (Å²) in [5, 5.41) is 10.3. The molecule has 0 radical (unpaired) electrons. The first kappa shape index (κ1) is 7.28. The second-order valence-corrected chi connectivity index (χ2v) is 2.92. The Morgan fingerprint density at radius 3 is 3.25 bits per heavy atom. The lowest BCUT2D eigenvalue weighted by Crippen LogP contribution is -2.13. The highest BCUT2D eigenvalue weighted by molar-refractivity contribution is 5.75. The number of rotatable bonds is 1. The van der Waals surface area contributed by atoms with Gasteiger partial charge in [0.2, 0.25) is 0 Å². The van der Waals surface area contributed by atoms with Crippen molar-refractivity contribution in [3.05, 3.63) is 23.4 Å². The number of anilines is 1. The van der Waals surface area contributed by atoms with Gasteiger partial charge in [-0.3, -0.25) is 0 Å². The Hall–Kier alpha value is -1.38. The number of hydrogen-bond donors (Lipinski definition) is 2. The SMILES string of the molecule is N=Cc1ccc2c(n1)NCCC2. The van der Waals surface area contributed by atoms with Crippen LogP contribution in [-0.4, -0.2) is 17.7 Å². The monoisotopic (exact) mass is 161 g/mol. The standard InChI is InChI=1S/C9H11N3/c10-6-8-4-3-7-2-1-5-11-9(7)12-8/h3-4,6,10H,1-2,5H2,(H,11,12). The molecule has 0 aliphatic carbocycles. The van der Waals surface area contributed by atoms with E-state index in [1.165, 1.54) is 18.2 Å². The number of aryl methyl sites for hydroxylation is 1. The van der Waals surface area contributed by atoms with E-state index in [4.69, 9.17) is 5.41 Å². The maximum absolute atomic E-state index is 7.05. The average Bonchev–Trinajstić information content (AvgIpc) is 2.17. The van der Waals surface area contributed by atoms with Gasteiger partial charge in [0.15, 0.2) is 0 Å². The van der Waals surface area contributed by atoms with Gasteiger partial charge in [-0.25, -0.2) is 4.98 Å². The van der Waals surface area contributed by atoms with Gasteiger partial charge < -0.3 is 10.7 Å². The zero-order chi connectivity index (χ0) is 8.39. The maximum Gasteiger partial charge on any atom is 0.129 e. The van der Waals surface area contributed by atoms with Crippen LogP contribution in [0.15, 0.2) is 12.1 Å². The number of fused-ring (bicyclic) bond motifs is 1.